The smallest absolute Gasteiger partial charge is 0.298 e. The van der Waals surface area contributed by atoms with E-state index in [-0.39, 0.29) is 5.76 Å². The number of halogens is 2. The monoisotopic (exact) mass is 169 g/mol. The number of hydrogen-bond acceptors (Lipinski definition) is 2. The van der Waals surface area contributed by atoms with Gasteiger partial charge in [0.05, 0.1) is 5.39 Å². The molecule has 0 fully saturated rings. The van der Waals surface area contributed by atoms with Crippen LogP contribution in [0.4, 0.5) is 8.78 Å². The number of nitrogens with zero attached hydrogens (tertiary/aromatic N) is 1. The lowest BCUT2D eigenvalue weighted by molar-refractivity contribution is 0.114. The topological polar surface area (TPSA) is 26.0 Å². The summed E-state index contributed by atoms with van der Waals surface area (Å²) in [7, 11) is 0. The van der Waals surface area contributed by atoms with Crippen molar-refractivity contribution in [3.05, 3.63) is 30.0 Å². The van der Waals surface area contributed by atoms with Crippen molar-refractivity contribution in [1.82, 2.24) is 5.16 Å². The summed E-state index contributed by atoms with van der Waals surface area (Å²) >= 11 is 0. The van der Waals surface area contributed by atoms with Gasteiger partial charge < -0.3 is 4.52 Å². The first-order valence-corrected chi connectivity index (χ1v) is 3.41. The van der Waals surface area contributed by atoms with Crippen molar-refractivity contribution in [3.63, 3.8) is 0 Å². The SMILES string of the molecule is FC(F)c1onc2ccccc12. The van der Waals surface area contributed by atoms with Gasteiger partial charge in [-0.3, -0.25) is 0 Å². The number of hydrogen-bond donors (Lipinski definition) is 0. The van der Waals surface area contributed by atoms with Gasteiger partial charge in [0.2, 0.25) is 5.76 Å². The molecule has 1 aromatic heterocycles. The van der Waals surface area contributed by atoms with E-state index in [2.05, 4.69) is 9.68 Å². The molecular formula is C8H5F2NO. The number of fused-ring (bicyclic) bond motifs is 1. The summed E-state index contributed by atoms with van der Waals surface area (Å²) in [6.45, 7) is 0. The Balaban J connectivity index is 2.70. The molecule has 0 N–H and O–H groups in total. The largest absolute Gasteiger partial charge is 0.354 e. The van der Waals surface area contributed by atoms with Crippen LogP contribution in [0.25, 0.3) is 10.9 Å². The lowest BCUT2D eigenvalue weighted by atomic mass is 10.2. The Morgan fingerprint density at radius 1 is 1.25 bits per heavy atom. The van der Waals surface area contributed by atoms with Gasteiger partial charge in [0.15, 0.2) is 0 Å². The van der Waals surface area contributed by atoms with Crippen LogP contribution in [-0.2, 0) is 0 Å². The van der Waals surface area contributed by atoms with Crippen LogP contribution in [0.5, 0.6) is 0 Å². The third kappa shape index (κ3) is 0.958. The second-order valence-corrected chi connectivity index (χ2v) is 2.36. The van der Waals surface area contributed by atoms with Crippen LogP contribution in [0.15, 0.2) is 28.8 Å². The number of rotatable bonds is 1. The molecule has 0 radical (unpaired) electrons. The molecule has 0 aliphatic rings. The molecule has 0 aliphatic carbocycles. The number of benzene rings is 1. The van der Waals surface area contributed by atoms with Crippen molar-refractivity contribution < 1.29 is 13.3 Å². The molecule has 62 valence electrons. The third-order valence-electron chi connectivity index (χ3n) is 1.61. The summed E-state index contributed by atoms with van der Waals surface area (Å²) in [5.74, 6) is -0.356. The molecule has 2 aromatic rings. The van der Waals surface area contributed by atoms with Crippen LogP contribution < -0.4 is 0 Å². The lowest BCUT2D eigenvalue weighted by Gasteiger charge is -1.90. The molecule has 0 amide bonds. The average Bonchev–Trinajstić information content (AvgIpc) is 2.47. The Bertz CT molecular complexity index is 397. The van der Waals surface area contributed by atoms with E-state index in [4.69, 9.17) is 0 Å². The highest BCUT2D eigenvalue weighted by atomic mass is 19.3. The molecule has 0 aliphatic heterocycles. The molecule has 4 heteroatoms. The average molecular weight is 169 g/mol. The summed E-state index contributed by atoms with van der Waals surface area (Å²) in [6.07, 6.45) is -2.60. The normalized spacial score (nSPS) is 11.2. The van der Waals surface area contributed by atoms with E-state index in [0.29, 0.717) is 10.9 Å². The molecule has 1 heterocycles. The lowest BCUT2D eigenvalue weighted by Crippen LogP contribution is -1.78. The summed E-state index contributed by atoms with van der Waals surface area (Å²) in [5, 5.41) is 3.87. The Hall–Kier alpha value is -1.45. The van der Waals surface area contributed by atoms with Crippen molar-refractivity contribution in [2.45, 2.75) is 6.43 Å². The maximum Gasteiger partial charge on any atom is 0.298 e. The molecule has 0 unspecified atom stereocenters. The minimum atomic E-state index is -2.60. The van der Waals surface area contributed by atoms with E-state index in [0.717, 1.165) is 0 Å². The highest BCUT2D eigenvalue weighted by Gasteiger charge is 2.16. The highest BCUT2D eigenvalue weighted by Crippen LogP contribution is 2.26. The standard InChI is InChI=1S/C8H5F2NO/c9-8(10)7-5-3-1-2-4-6(5)11-12-7/h1-4,8H. The minimum absolute atomic E-state index is 0.356. The Morgan fingerprint density at radius 3 is 2.75 bits per heavy atom. The molecule has 12 heavy (non-hydrogen) atoms. The van der Waals surface area contributed by atoms with Crippen molar-refractivity contribution in [1.29, 1.82) is 0 Å². The summed E-state index contributed by atoms with van der Waals surface area (Å²) in [6, 6.07) is 6.59. The van der Waals surface area contributed by atoms with Gasteiger partial charge in [-0.25, -0.2) is 8.78 Å². The third-order valence-corrected chi connectivity index (χ3v) is 1.61. The molecule has 0 saturated heterocycles. The van der Waals surface area contributed by atoms with Gasteiger partial charge in [0, 0.05) is 0 Å². The Labute approximate surface area is 66.8 Å². The quantitative estimate of drug-likeness (QED) is 0.656. The molecule has 0 saturated carbocycles. The predicted octanol–water partition coefficient (Wildman–Crippen LogP) is 2.77. The zero-order valence-electron chi connectivity index (χ0n) is 6.00. The zero-order chi connectivity index (χ0) is 8.55. The highest BCUT2D eigenvalue weighted by molar-refractivity contribution is 5.80. The molecule has 0 spiro atoms. The van der Waals surface area contributed by atoms with Gasteiger partial charge in [0.1, 0.15) is 5.52 Å². The van der Waals surface area contributed by atoms with Crippen LogP contribution in [0.3, 0.4) is 0 Å². The Morgan fingerprint density at radius 2 is 2.00 bits per heavy atom. The number of aromatic nitrogens is 1. The van der Waals surface area contributed by atoms with Crippen molar-refractivity contribution in [2.24, 2.45) is 0 Å². The molecule has 2 rings (SSSR count). The van der Waals surface area contributed by atoms with Gasteiger partial charge in [-0.1, -0.05) is 17.3 Å². The van der Waals surface area contributed by atoms with Gasteiger partial charge in [-0.05, 0) is 12.1 Å². The minimum Gasteiger partial charge on any atom is -0.354 e. The first-order chi connectivity index (χ1) is 5.79. The molecule has 0 bridgehead atoms. The Kier molecular flexibility index (Phi) is 1.53. The molecular weight excluding hydrogens is 164 g/mol. The maximum atomic E-state index is 12.2. The fourth-order valence-electron chi connectivity index (χ4n) is 1.07. The second kappa shape index (κ2) is 2.55. The molecule has 2 nitrogen and oxygen atoms in total. The van der Waals surface area contributed by atoms with E-state index in [1.54, 1.807) is 24.3 Å². The van der Waals surface area contributed by atoms with Gasteiger partial charge in [-0.2, -0.15) is 0 Å². The van der Waals surface area contributed by atoms with Crippen LogP contribution >= 0.6 is 0 Å². The fraction of sp³-hybridized carbons (Fsp3) is 0.125. The maximum absolute atomic E-state index is 12.2. The zero-order valence-corrected chi connectivity index (χ0v) is 6.00. The van der Waals surface area contributed by atoms with Crippen LogP contribution in [0, 0.1) is 0 Å². The van der Waals surface area contributed by atoms with E-state index >= 15 is 0 Å². The summed E-state index contributed by atoms with van der Waals surface area (Å²) < 4.78 is 28.9. The summed E-state index contributed by atoms with van der Waals surface area (Å²) in [5.41, 5.74) is 0.466. The van der Waals surface area contributed by atoms with E-state index in [9.17, 15) is 8.78 Å². The van der Waals surface area contributed by atoms with Crippen LogP contribution in [0.1, 0.15) is 12.2 Å². The summed E-state index contributed by atoms with van der Waals surface area (Å²) in [4.78, 5) is 0. The number of alkyl halides is 2. The first-order valence-electron chi connectivity index (χ1n) is 3.41. The van der Waals surface area contributed by atoms with E-state index < -0.39 is 6.43 Å². The fourth-order valence-corrected chi connectivity index (χ4v) is 1.07. The van der Waals surface area contributed by atoms with Crippen LogP contribution in [0.2, 0.25) is 0 Å². The van der Waals surface area contributed by atoms with Crippen molar-refractivity contribution in [3.8, 4) is 0 Å². The van der Waals surface area contributed by atoms with E-state index in [1.165, 1.54) is 0 Å². The van der Waals surface area contributed by atoms with Crippen molar-refractivity contribution in [2.75, 3.05) is 0 Å². The molecule has 0 atom stereocenters. The first kappa shape index (κ1) is 7.21. The van der Waals surface area contributed by atoms with Gasteiger partial charge in [-0.15, -0.1) is 0 Å². The van der Waals surface area contributed by atoms with Crippen molar-refractivity contribution >= 4 is 10.9 Å². The van der Waals surface area contributed by atoms with E-state index in [1.807, 2.05) is 0 Å². The van der Waals surface area contributed by atoms with Gasteiger partial charge in [0.25, 0.3) is 6.43 Å². The second-order valence-electron chi connectivity index (χ2n) is 2.36. The molecule has 1 aromatic carbocycles. The van der Waals surface area contributed by atoms with Crippen LogP contribution in [-0.4, -0.2) is 5.16 Å². The predicted molar refractivity (Wildman–Crippen MR) is 39.0 cm³/mol. The van der Waals surface area contributed by atoms with Gasteiger partial charge >= 0.3 is 0 Å².